The number of rotatable bonds is 6. The van der Waals surface area contributed by atoms with Gasteiger partial charge in [0, 0.05) is 19.2 Å². The highest BCUT2D eigenvalue weighted by atomic mass is 16.5. The lowest BCUT2D eigenvalue weighted by Crippen LogP contribution is -2.32. The fraction of sp³-hybridized carbons (Fsp3) is 0.263. The van der Waals surface area contributed by atoms with E-state index in [4.69, 9.17) is 9.15 Å². The molecule has 25 heavy (non-hydrogen) atoms. The van der Waals surface area contributed by atoms with Gasteiger partial charge in [-0.2, -0.15) is 0 Å². The zero-order valence-corrected chi connectivity index (χ0v) is 13.7. The molecule has 1 atom stereocenters. The summed E-state index contributed by atoms with van der Waals surface area (Å²) in [6.45, 7) is 1.22. The zero-order valence-electron chi connectivity index (χ0n) is 13.7. The second kappa shape index (κ2) is 8.30. The van der Waals surface area contributed by atoms with E-state index < -0.39 is 0 Å². The van der Waals surface area contributed by atoms with Crippen LogP contribution in [0.5, 0.6) is 0 Å². The lowest BCUT2D eigenvalue weighted by molar-refractivity contribution is -0.111. The van der Waals surface area contributed by atoms with Crippen LogP contribution in [0.4, 0.5) is 5.69 Å². The predicted octanol–water partition coefficient (Wildman–Crippen LogP) is 2.84. The number of hydrogen-bond acceptors (Lipinski definition) is 4. The summed E-state index contributed by atoms with van der Waals surface area (Å²) >= 11 is 0. The van der Waals surface area contributed by atoms with E-state index in [9.17, 15) is 9.59 Å². The Bertz CT molecular complexity index is 747. The molecule has 0 bridgehead atoms. The quantitative estimate of drug-likeness (QED) is 0.793. The average molecular weight is 340 g/mol. The summed E-state index contributed by atoms with van der Waals surface area (Å²) in [6, 6.07) is 10.4. The first-order valence-corrected chi connectivity index (χ1v) is 8.24. The third kappa shape index (κ3) is 4.81. The first-order valence-electron chi connectivity index (χ1n) is 8.24. The molecule has 6 heteroatoms. The minimum atomic E-state index is -0.337. The molecular formula is C19H20N2O4. The van der Waals surface area contributed by atoms with Crippen molar-refractivity contribution in [3.05, 3.63) is 60.1 Å². The van der Waals surface area contributed by atoms with E-state index in [-0.39, 0.29) is 17.9 Å². The molecule has 1 aromatic carbocycles. The Morgan fingerprint density at radius 2 is 2.08 bits per heavy atom. The molecule has 2 amide bonds. The maximum Gasteiger partial charge on any atom is 0.253 e. The van der Waals surface area contributed by atoms with Crippen molar-refractivity contribution >= 4 is 23.6 Å². The first-order chi connectivity index (χ1) is 12.2. The molecule has 1 aliphatic rings. The van der Waals surface area contributed by atoms with Gasteiger partial charge in [0.1, 0.15) is 5.76 Å². The Kier molecular flexibility index (Phi) is 5.64. The van der Waals surface area contributed by atoms with Crippen molar-refractivity contribution in [2.75, 3.05) is 18.5 Å². The number of amides is 2. The van der Waals surface area contributed by atoms with Gasteiger partial charge in [0.25, 0.3) is 5.91 Å². The van der Waals surface area contributed by atoms with Crippen LogP contribution in [0.1, 0.15) is 29.0 Å². The van der Waals surface area contributed by atoms with Gasteiger partial charge in [-0.3, -0.25) is 9.59 Å². The second-order valence-corrected chi connectivity index (χ2v) is 5.73. The molecule has 1 saturated heterocycles. The fourth-order valence-corrected chi connectivity index (χ4v) is 2.62. The van der Waals surface area contributed by atoms with Crippen LogP contribution < -0.4 is 10.6 Å². The maximum atomic E-state index is 12.4. The maximum absolute atomic E-state index is 12.4. The Balaban J connectivity index is 1.61. The summed E-state index contributed by atoms with van der Waals surface area (Å²) in [5.41, 5.74) is 0.877. The highest BCUT2D eigenvalue weighted by molar-refractivity contribution is 6.07. The largest absolute Gasteiger partial charge is 0.465 e. The van der Waals surface area contributed by atoms with Gasteiger partial charge in [0.2, 0.25) is 5.91 Å². The number of nitrogens with one attached hydrogen (secondary N) is 2. The molecule has 1 aromatic heterocycles. The molecule has 1 fully saturated rings. The SMILES string of the molecule is O=C(/C=C/c1ccco1)Nc1ccccc1C(=O)NCC1CCCO1. The van der Waals surface area contributed by atoms with Gasteiger partial charge in [-0.15, -0.1) is 0 Å². The number of furan rings is 1. The van der Waals surface area contributed by atoms with E-state index in [0.717, 1.165) is 19.4 Å². The van der Waals surface area contributed by atoms with Crippen molar-refractivity contribution in [3.63, 3.8) is 0 Å². The number of benzene rings is 1. The summed E-state index contributed by atoms with van der Waals surface area (Å²) in [4.78, 5) is 24.5. The number of carbonyl (C=O) groups is 2. The van der Waals surface area contributed by atoms with E-state index in [1.54, 1.807) is 42.5 Å². The second-order valence-electron chi connectivity index (χ2n) is 5.73. The first kappa shape index (κ1) is 17.0. The number of hydrogen-bond donors (Lipinski definition) is 2. The van der Waals surface area contributed by atoms with Crippen molar-refractivity contribution in [2.24, 2.45) is 0 Å². The zero-order chi connectivity index (χ0) is 17.5. The van der Waals surface area contributed by atoms with Gasteiger partial charge >= 0.3 is 0 Å². The Morgan fingerprint density at radius 3 is 2.84 bits per heavy atom. The van der Waals surface area contributed by atoms with Crippen LogP contribution in [0.2, 0.25) is 0 Å². The summed E-state index contributed by atoms with van der Waals surface area (Å²) in [5.74, 6) is 0.00920. The van der Waals surface area contributed by atoms with Crippen LogP contribution in [0.3, 0.4) is 0 Å². The van der Waals surface area contributed by atoms with Gasteiger partial charge in [0.05, 0.1) is 23.6 Å². The van der Waals surface area contributed by atoms with E-state index in [1.807, 2.05) is 0 Å². The fourth-order valence-electron chi connectivity index (χ4n) is 2.62. The molecule has 0 saturated carbocycles. The van der Waals surface area contributed by atoms with Crippen LogP contribution in [0.15, 0.2) is 53.2 Å². The van der Waals surface area contributed by atoms with Gasteiger partial charge in [0.15, 0.2) is 0 Å². The van der Waals surface area contributed by atoms with Crippen molar-refractivity contribution in [3.8, 4) is 0 Å². The van der Waals surface area contributed by atoms with Crippen molar-refractivity contribution in [2.45, 2.75) is 18.9 Å². The molecule has 0 radical (unpaired) electrons. The van der Waals surface area contributed by atoms with Crippen LogP contribution in [-0.2, 0) is 9.53 Å². The molecule has 0 aliphatic carbocycles. The van der Waals surface area contributed by atoms with Gasteiger partial charge in [-0.05, 0) is 43.2 Å². The van der Waals surface area contributed by atoms with Crippen LogP contribution in [0, 0.1) is 0 Å². The summed E-state index contributed by atoms with van der Waals surface area (Å²) in [6.07, 6.45) is 6.51. The van der Waals surface area contributed by atoms with Gasteiger partial charge in [-0.1, -0.05) is 12.1 Å². The summed E-state index contributed by atoms with van der Waals surface area (Å²) in [7, 11) is 0. The summed E-state index contributed by atoms with van der Waals surface area (Å²) in [5, 5.41) is 5.58. The number of carbonyl (C=O) groups excluding carboxylic acids is 2. The van der Waals surface area contributed by atoms with Crippen molar-refractivity contribution in [1.82, 2.24) is 5.32 Å². The topological polar surface area (TPSA) is 80.6 Å². The Hall–Kier alpha value is -2.86. The van der Waals surface area contributed by atoms with E-state index >= 15 is 0 Å². The van der Waals surface area contributed by atoms with E-state index in [1.165, 1.54) is 12.3 Å². The molecule has 3 rings (SSSR count). The molecule has 6 nitrogen and oxygen atoms in total. The predicted molar refractivity (Wildman–Crippen MR) is 94.1 cm³/mol. The molecular weight excluding hydrogens is 320 g/mol. The number of ether oxygens (including phenoxy) is 1. The van der Waals surface area contributed by atoms with Gasteiger partial charge < -0.3 is 19.8 Å². The molecule has 2 N–H and O–H groups in total. The lowest BCUT2D eigenvalue weighted by atomic mass is 10.1. The molecule has 130 valence electrons. The average Bonchev–Trinajstić information content (AvgIpc) is 3.32. The highest BCUT2D eigenvalue weighted by Crippen LogP contribution is 2.16. The van der Waals surface area contributed by atoms with Gasteiger partial charge in [-0.25, -0.2) is 0 Å². The monoisotopic (exact) mass is 340 g/mol. The molecule has 1 aliphatic heterocycles. The Morgan fingerprint density at radius 1 is 1.20 bits per heavy atom. The van der Waals surface area contributed by atoms with Crippen LogP contribution in [0.25, 0.3) is 6.08 Å². The third-order valence-electron chi connectivity index (χ3n) is 3.89. The third-order valence-corrected chi connectivity index (χ3v) is 3.89. The normalized spacial score (nSPS) is 16.9. The van der Waals surface area contributed by atoms with Crippen molar-refractivity contribution in [1.29, 1.82) is 0 Å². The van der Waals surface area contributed by atoms with Crippen molar-refractivity contribution < 1.29 is 18.7 Å². The smallest absolute Gasteiger partial charge is 0.253 e. The molecule has 2 aromatic rings. The molecule has 1 unspecified atom stereocenters. The van der Waals surface area contributed by atoms with Crippen LogP contribution >= 0.6 is 0 Å². The number of para-hydroxylation sites is 1. The number of anilines is 1. The van der Waals surface area contributed by atoms with E-state index in [0.29, 0.717) is 23.6 Å². The van der Waals surface area contributed by atoms with Crippen LogP contribution in [-0.4, -0.2) is 31.1 Å². The molecule has 2 heterocycles. The van der Waals surface area contributed by atoms with E-state index in [2.05, 4.69) is 10.6 Å². The minimum absolute atomic E-state index is 0.0712. The minimum Gasteiger partial charge on any atom is -0.465 e. The highest BCUT2D eigenvalue weighted by Gasteiger charge is 2.18. The molecule has 0 spiro atoms. The summed E-state index contributed by atoms with van der Waals surface area (Å²) < 4.78 is 10.6. The lowest BCUT2D eigenvalue weighted by Gasteiger charge is -2.13. The Labute approximate surface area is 145 Å². The standard InChI is InChI=1S/C19H20N2O4/c22-18(10-9-14-5-3-11-24-14)21-17-8-2-1-7-16(17)19(23)20-13-15-6-4-12-25-15/h1-3,5,7-11,15H,4,6,12-13H2,(H,20,23)(H,21,22)/b10-9+.